The zero-order valence-electron chi connectivity index (χ0n) is 12.3. The number of hydrogen-bond donors (Lipinski definition) is 0. The molecule has 0 aliphatic carbocycles. The molecule has 0 aliphatic rings. The Labute approximate surface area is 112 Å². The monoisotopic (exact) mass is 249 g/mol. The molecule has 0 bridgehead atoms. The van der Waals surface area contributed by atoms with E-state index in [9.17, 15) is 0 Å². The van der Waals surface area contributed by atoms with E-state index in [-0.39, 0.29) is 5.41 Å². The van der Waals surface area contributed by atoms with Gasteiger partial charge in [-0.3, -0.25) is 0 Å². The minimum atomic E-state index is 0.266. The third kappa shape index (κ3) is 4.01. The lowest BCUT2D eigenvalue weighted by Crippen LogP contribution is -2.22. The molecule has 0 fully saturated rings. The molecule has 1 aromatic heterocycles. The van der Waals surface area contributed by atoms with Gasteiger partial charge in [-0.15, -0.1) is 0 Å². The fourth-order valence-corrected chi connectivity index (χ4v) is 2.44. The lowest BCUT2D eigenvalue weighted by atomic mass is 9.75. The first-order valence-electron chi connectivity index (χ1n) is 7.16. The maximum absolute atomic E-state index is 5.25. The van der Waals surface area contributed by atoms with Gasteiger partial charge in [0.15, 0.2) is 0 Å². The van der Waals surface area contributed by atoms with Crippen LogP contribution in [0.5, 0.6) is 5.88 Å². The molecule has 1 heterocycles. The number of ether oxygens (including phenoxy) is 1. The highest BCUT2D eigenvalue weighted by Gasteiger charge is 2.25. The average molecular weight is 249 g/mol. The van der Waals surface area contributed by atoms with Crippen molar-refractivity contribution in [3.63, 3.8) is 0 Å². The number of unbranched alkanes of at least 4 members (excludes halogenated alkanes) is 2. The van der Waals surface area contributed by atoms with E-state index in [4.69, 9.17) is 4.74 Å². The maximum Gasteiger partial charge on any atom is 0.213 e. The normalized spacial score (nSPS) is 11.6. The van der Waals surface area contributed by atoms with Crippen molar-refractivity contribution in [2.75, 3.05) is 7.11 Å². The zero-order chi connectivity index (χ0) is 13.4. The summed E-state index contributed by atoms with van der Waals surface area (Å²) in [6.45, 7) is 6.90. The molecule has 0 saturated heterocycles. The minimum absolute atomic E-state index is 0.266. The van der Waals surface area contributed by atoms with Gasteiger partial charge in [0.2, 0.25) is 5.88 Å². The van der Waals surface area contributed by atoms with Crippen LogP contribution in [0.1, 0.15) is 64.9 Å². The number of nitrogens with zero attached hydrogens (tertiary/aromatic N) is 1. The van der Waals surface area contributed by atoms with Crippen molar-refractivity contribution in [3.05, 3.63) is 23.9 Å². The summed E-state index contributed by atoms with van der Waals surface area (Å²) in [5.74, 6) is 0.728. The van der Waals surface area contributed by atoms with E-state index in [2.05, 4.69) is 37.9 Å². The van der Waals surface area contributed by atoms with Crippen molar-refractivity contribution < 1.29 is 4.74 Å². The van der Waals surface area contributed by atoms with Gasteiger partial charge in [-0.25, -0.2) is 4.98 Å². The predicted octanol–water partition coefficient (Wildman–Crippen LogP) is 4.73. The number of aromatic nitrogens is 1. The largest absolute Gasteiger partial charge is 0.481 e. The second-order valence-electron chi connectivity index (χ2n) is 5.35. The SMILES string of the molecule is CCCCC(C)(CCCC)c1ccnc(OC)c1. The van der Waals surface area contributed by atoms with Crippen molar-refractivity contribution in [2.45, 2.75) is 64.7 Å². The Balaban J connectivity index is 2.91. The van der Waals surface area contributed by atoms with Crippen molar-refractivity contribution in [2.24, 2.45) is 0 Å². The lowest BCUT2D eigenvalue weighted by Gasteiger charge is -2.30. The summed E-state index contributed by atoms with van der Waals surface area (Å²) < 4.78 is 5.25. The van der Waals surface area contributed by atoms with E-state index in [1.165, 1.54) is 44.1 Å². The van der Waals surface area contributed by atoms with Gasteiger partial charge in [-0.2, -0.15) is 0 Å². The van der Waals surface area contributed by atoms with Gasteiger partial charge in [0.25, 0.3) is 0 Å². The van der Waals surface area contributed by atoms with Gasteiger partial charge in [0.05, 0.1) is 7.11 Å². The van der Waals surface area contributed by atoms with Crippen LogP contribution in [-0.4, -0.2) is 12.1 Å². The molecular weight excluding hydrogens is 222 g/mol. The Hall–Kier alpha value is -1.05. The molecule has 0 aliphatic heterocycles. The third-order valence-corrected chi connectivity index (χ3v) is 3.81. The van der Waals surface area contributed by atoms with Crippen LogP contribution in [0.2, 0.25) is 0 Å². The van der Waals surface area contributed by atoms with Crippen LogP contribution in [0.15, 0.2) is 18.3 Å². The van der Waals surface area contributed by atoms with Gasteiger partial charge in [0, 0.05) is 12.3 Å². The van der Waals surface area contributed by atoms with Crippen LogP contribution >= 0.6 is 0 Å². The molecular formula is C16H27NO. The van der Waals surface area contributed by atoms with E-state index >= 15 is 0 Å². The Morgan fingerprint density at radius 2 is 1.78 bits per heavy atom. The molecule has 2 nitrogen and oxygen atoms in total. The Bertz CT molecular complexity index is 341. The first kappa shape index (κ1) is 15.0. The molecule has 0 saturated carbocycles. The highest BCUT2D eigenvalue weighted by molar-refractivity contribution is 5.28. The second kappa shape index (κ2) is 7.40. The maximum atomic E-state index is 5.25. The molecule has 1 aromatic rings. The molecule has 102 valence electrons. The van der Waals surface area contributed by atoms with E-state index in [1.807, 2.05) is 6.20 Å². The topological polar surface area (TPSA) is 22.1 Å². The van der Waals surface area contributed by atoms with Crippen LogP contribution in [0, 0.1) is 0 Å². The van der Waals surface area contributed by atoms with E-state index in [1.54, 1.807) is 7.11 Å². The van der Waals surface area contributed by atoms with Gasteiger partial charge in [-0.1, -0.05) is 46.5 Å². The second-order valence-corrected chi connectivity index (χ2v) is 5.35. The first-order valence-corrected chi connectivity index (χ1v) is 7.16. The Morgan fingerprint density at radius 1 is 1.17 bits per heavy atom. The van der Waals surface area contributed by atoms with Crippen molar-refractivity contribution >= 4 is 0 Å². The smallest absolute Gasteiger partial charge is 0.213 e. The van der Waals surface area contributed by atoms with E-state index in [0.29, 0.717) is 0 Å². The van der Waals surface area contributed by atoms with Crippen LogP contribution in [0.25, 0.3) is 0 Å². The zero-order valence-corrected chi connectivity index (χ0v) is 12.3. The van der Waals surface area contributed by atoms with Crippen LogP contribution in [0.4, 0.5) is 0 Å². The molecule has 1 rings (SSSR count). The van der Waals surface area contributed by atoms with Gasteiger partial charge in [-0.05, 0) is 29.9 Å². The van der Waals surface area contributed by atoms with Crippen LogP contribution in [0.3, 0.4) is 0 Å². The van der Waals surface area contributed by atoms with Crippen LogP contribution in [-0.2, 0) is 5.41 Å². The van der Waals surface area contributed by atoms with Crippen molar-refractivity contribution in [3.8, 4) is 5.88 Å². The Kier molecular flexibility index (Phi) is 6.17. The van der Waals surface area contributed by atoms with Gasteiger partial charge >= 0.3 is 0 Å². The molecule has 0 spiro atoms. The molecule has 0 atom stereocenters. The number of rotatable bonds is 8. The quantitative estimate of drug-likeness (QED) is 0.664. The number of methoxy groups -OCH3 is 1. The van der Waals surface area contributed by atoms with Crippen LogP contribution < -0.4 is 4.74 Å². The highest BCUT2D eigenvalue weighted by Crippen LogP contribution is 2.35. The minimum Gasteiger partial charge on any atom is -0.481 e. The fraction of sp³-hybridized carbons (Fsp3) is 0.688. The van der Waals surface area contributed by atoms with Gasteiger partial charge < -0.3 is 4.74 Å². The van der Waals surface area contributed by atoms with Crippen molar-refractivity contribution in [1.29, 1.82) is 0 Å². The van der Waals surface area contributed by atoms with Gasteiger partial charge in [0.1, 0.15) is 0 Å². The summed E-state index contributed by atoms with van der Waals surface area (Å²) in [5, 5.41) is 0. The summed E-state index contributed by atoms with van der Waals surface area (Å²) >= 11 is 0. The number of pyridine rings is 1. The summed E-state index contributed by atoms with van der Waals surface area (Å²) in [6.07, 6.45) is 9.43. The predicted molar refractivity (Wildman–Crippen MR) is 77.2 cm³/mol. The number of hydrogen-bond acceptors (Lipinski definition) is 2. The molecule has 0 unspecified atom stereocenters. The summed E-state index contributed by atoms with van der Waals surface area (Å²) in [4.78, 5) is 4.21. The first-order chi connectivity index (χ1) is 8.66. The highest BCUT2D eigenvalue weighted by atomic mass is 16.5. The third-order valence-electron chi connectivity index (χ3n) is 3.81. The van der Waals surface area contributed by atoms with E-state index < -0.39 is 0 Å². The Morgan fingerprint density at radius 3 is 2.28 bits per heavy atom. The molecule has 0 amide bonds. The van der Waals surface area contributed by atoms with Crippen molar-refractivity contribution in [1.82, 2.24) is 4.98 Å². The summed E-state index contributed by atoms with van der Waals surface area (Å²) in [7, 11) is 1.68. The summed E-state index contributed by atoms with van der Waals surface area (Å²) in [5.41, 5.74) is 1.64. The lowest BCUT2D eigenvalue weighted by molar-refractivity contribution is 0.365. The summed E-state index contributed by atoms with van der Waals surface area (Å²) in [6, 6.07) is 4.25. The standard InChI is InChI=1S/C16H27NO/c1-5-7-10-16(3,11-8-6-2)14-9-12-17-15(13-14)18-4/h9,12-13H,5-8,10-11H2,1-4H3. The molecule has 0 aromatic carbocycles. The molecule has 18 heavy (non-hydrogen) atoms. The van der Waals surface area contributed by atoms with E-state index in [0.717, 1.165) is 5.88 Å². The molecule has 2 heteroatoms. The average Bonchev–Trinajstić information content (AvgIpc) is 2.43. The molecule has 0 radical (unpaired) electrons. The molecule has 0 N–H and O–H groups in total. The fourth-order valence-electron chi connectivity index (χ4n) is 2.44.